The minimum absolute atomic E-state index is 0.0107. The van der Waals surface area contributed by atoms with Gasteiger partial charge in [-0.3, -0.25) is 9.78 Å². The summed E-state index contributed by atoms with van der Waals surface area (Å²) in [7, 11) is 3.44. The van der Waals surface area contributed by atoms with Crippen molar-refractivity contribution in [2.45, 2.75) is 0 Å². The normalized spacial score (nSPS) is 10.5. The van der Waals surface area contributed by atoms with E-state index in [1.54, 1.807) is 31.9 Å². The van der Waals surface area contributed by atoms with Gasteiger partial charge < -0.3 is 4.90 Å². The van der Waals surface area contributed by atoms with Crippen LogP contribution in [-0.2, 0) is 4.79 Å². The van der Waals surface area contributed by atoms with Crippen LogP contribution >= 0.6 is 11.3 Å². The Bertz CT molecular complexity index is 277. The maximum absolute atomic E-state index is 11.1. The SMILES string of the molecule is CN(C)C(=O)/C=C/c1cncs1. The van der Waals surface area contributed by atoms with Crippen LogP contribution in [0.4, 0.5) is 0 Å². The molecule has 4 heteroatoms. The molecule has 0 radical (unpaired) electrons. The molecule has 0 aliphatic heterocycles. The van der Waals surface area contributed by atoms with Gasteiger partial charge in [0.2, 0.25) is 5.91 Å². The molecule has 12 heavy (non-hydrogen) atoms. The van der Waals surface area contributed by atoms with Gasteiger partial charge in [0.05, 0.1) is 5.51 Å². The third kappa shape index (κ3) is 2.47. The second-order valence-electron chi connectivity index (χ2n) is 2.47. The number of nitrogens with zero attached hydrogens (tertiary/aromatic N) is 2. The summed E-state index contributed by atoms with van der Waals surface area (Å²) in [4.78, 5) is 17.5. The van der Waals surface area contributed by atoms with Crippen LogP contribution in [0.5, 0.6) is 0 Å². The molecule has 0 aliphatic carbocycles. The molecule has 1 rings (SSSR count). The van der Waals surface area contributed by atoms with Crippen LogP contribution in [0.2, 0.25) is 0 Å². The van der Waals surface area contributed by atoms with Crippen molar-refractivity contribution in [3.8, 4) is 0 Å². The summed E-state index contributed by atoms with van der Waals surface area (Å²) in [5, 5.41) is 0. The lowest BCUT2D eigenvalue weighted by Gasteiger charge is -2.04. The Labute approximate surface area is 75.3 Å². The van der Waals surface area contributed by atoms with Gasteiger partial charge in [0.25, 0.3) is 0 Å². The van der Waals surface area contributed by atoms with E-state index in [9.17, 15) is 4.79 Å². The van der Waals surface area contributed by atoms with Crippen LogP contribution in [0.25, 0.3) is 6.08 Å². The number of thiazole rings is 1. The molecule has 0 saturated carbocycles. The van der Waals surface area contributed by atoms with E-state index < -0.39 is 0 Å². The molecule has 64 valence electrons. The van der Waals surface area contributed by atoms with E-state index in [-0.39, 0.29) is 5.91 Å². The van der Waals surface area contributed by atoms with Gasteiger partial charge in [-0.2, -0.15) is 0 Å². The molecular weight excluding hydrogens is 172 g/mol. The highest BCUT2D eigenvalue weighted by molar-refractivity contribution is 7.10. The molecule has 0 saturated heterocycles. The van der Waals surface area contributed by atoms with Gasteiger partial charge >= 0.3 is 0 Å². The highest BCUT2D eigenvalue weighted by Crippen LogP contribution is 2.07. The quantitative estimate of drug-likeness (QED) is 0.645. The van der Waals surface area contributed by atoms with Gasteiger partial charge in [-0.25, -0.2) is 0 Å². The van der Waals surface area contributed by atoms with E-state index in [4.69, 9.17) is 0 Å². The fourth-order valence-corrected chi connectivity index (χ4v) is 1.12. The third-order valence-corrected chi connectivity index (χ3v) is 2.02. The summed E-state index contributed by atoms with van der Waals surface area (Å²) in [6.45, 7) is 0. The van der Waals surface area contributed by atoms with Crippen LogP contribution in [0.3, 0.4) is 0 Å². The zero-order valence-corrected chi connectivity index (χ0v) is 7.84. The average Bonchev–Trinajstić information content (AvgIpc) is 2.51. The largest absolute Gasteiger partial charge is 0.345 e. The van der Waals surface area contributed by atoms with Crippen LogP contribution in [0, 0.1) is 0 Å². The maximum Gasteiger partial charge on any atom is 0.246 e. The summed E-state index contributed by atoms with van der Waals surface area (Å²) in [6, 6.07) is 0. The number of aromatic nitrogens is 1. The van der Waals surface area contributed by atoms with Crippen LogP contribution < -0.4 is 0 Å². The smallest absolute Gasteiger partial charge is 0.246 e. The van der Waals surface area contributed by atoms with Crippen molar-refractivity contribution in [2.75, 3.05) is 14.1 Å². The highest BCUT2D eigenvalue weighted by atomic mass is 32.1. The Morgan fingerprint density at radius 2 is 2.42 bits per heavy atom. The molecule has 0 aliphatic rings. The predicted molar refractivity (Wildman–Crippen MR) is 49.8 cm³/mol. The van der Waals surface area contributed by atoms with Crippen LogP contribution in [-0.4, -0.2) is 29.9 Å². The number of amides is 1. The van der Waals surface area contributed by atoms with E-state index in [1.165, 1.54) is 22.3 Å². The zero-order valence-electron chi connectivity index (χ0n) is 7.02. The Morgan fingerprint density at radius 1 is 1.67 bits per heavy atom. The second kappa shape index (κ2) is 4.01. The number of likely N-dealkylation sites (N-methyl/N-ethyl adjacent to an activating group) is 1. The van der Waals surface area contributed by atoms with Crippen molar-refractivity contribution in [1.29, 1.82) is 0 Å². The van der Waals surface area contributed by atoms with Crippen molar-refractivity contribution >= 4 is 23.3 Å². The Morgan fingerprint density at radius 3 is 2.92 bits per heavy atom. The Hall–Kier alpha value is -1.16. The number of hydrogen-bond acceptors (Lipinski definition) is 3. The molecule has 1 aromatic heterocycles. The second-order valence-corrected chi connectivity index (χ2v) is 3.39. The van der Waals surface area contributed by atoms with E-state index in [0.717, 1.165) is 4.88 Å². The Balaban J connectivity index is 2.57. The molecule has 1 amide bonds. The van der Waals surface area contributed by atoms with Crippen molar-refractivity contribution in [1.82, 2.24) is 9.88 Å². The van der Waals surface area contributed by atoms with E-state index in [2.05, 4.69) is 4.98 Å². The summed E-state index contributed by atoms with van der Waals surface area (Å²) in [5.41, 5.74) is 1.74. The first-order chi connectivity index (χ1) is 5.70. The van der Waals surface area contributed by atoms with Gasteiger partial charge in [0.15, 0.2) is 0 Å². The van der Waals surface area contributed by atoms with Crippen molar-refractivity contribution < 1.29 is 4.79 Å². The van der Waals surface area contributed by atoms with Gasteiger partial charge in [0, 0.05) is 31.2 Å². The number of hydrogen-bond donors (Lipinski definition) is 0. The molecule has 0 aromatic carbocycles. The minimum Gasteiger partial charge on any atom is -0.345 e. The third-order valence-electron chi connectivity index (χ3n) is 1.28. The first kappa shape index (κ1) is 8.93. The van der Waals surface area contributed by atoms with E-state index in [0.29, 0.717) is 0 Å². The lowest BCUT2D eigenvalue weighted by molar-refractivity contribution is -0.123. The first-order valence-corrected chi connectivity index (χ1v) is 4.36. The molecule has 0 unspecified atom stereocenters. The molecule has 0 bridgehead atoms. The summed E-state index contributed by atoms with van der Waals surface area (Å²) in [5.74, 6) is -0.0107. The summed E-state index contributed by atoms with van der Waals surface area (Å²) >= 11 is 1.51. The van der Waals surface area contributed by atoms with Crippen molar-refractivity contribution in [3.05, 3.63) is 22.7 Å². The van der Waals surface area contributed by atoms with Gasteiger partial charge in [-0.1, -0.05) is 0 Å². The fourth-order valence-electron chi connectivity index (χ4n) is 0.610. The topological polar surface area (TPSA) is 33.2 Å². The molecule has 0 atom stereocenters. The molecule has 0 N–H and O–H groups in total. The van der Waals surface area contributed by atoms with E-state index >= 15 is 0 Å². The monoisotopic (exact) mass is 182 g/mol. The first-order valence-electron chi connectivity index (χ1n) is 3.48. The minimum atomic E-state index is -0.0107. The predicted octanol–water partition coefficient (Wildman–Crippen LogP) is 1.24. The standard InChI is InChI=1S/C8H10N2OS/c1-10(2)8(11)4-3-7-5-9-6-12-7/h3-6H,1-2H3/b4-3+. The highest BCUT2D eigenvalue weighted by Gasteiger charge is 1.96. The molecule has 1 aromatic rings. The zero-order chi connectivity index (χ0) is 8.97. The van der Waals surface area contributed by atoms with Crippen LogP contribution in [0.1, 0.15) is 4.88 Å². The van der Waals surface area contributed by atoms with Crippen molar-refractivity contribution in [3.63, 3.8) is 0 Å². The lowest BCUT2D eigenvalue weighted by Crippen LogP contribution is -2.18. The van der Waals surface area contributed by atoms with Crippen molar-refractivity contribution in [2.24, 2.45) is 0 Å². The molecule has 0 fully saturated rings. The summed E-state index contributed by atoms with van der Waals surface area (Å²) < 4.78 is 0. The Kier molecular flexibility index (Phi) is 2.99. The number of rotatable bonds is 2. The number of carbonyl (C=O) groups is 1. The molecular formula is C8H10N2OS. The lowest BCUT2D eigenvalue weighted by atomic mass is 10.4. The number of carbonyl (C=O) groups excluding carboxylic acids is 1. The van der Waals surface area contributed by atoms with E-state index in [1.807, 2.05) is 0 Å². The maximum atomic E-state index is 11.1. The summed E-state index contributed by atoms with van der Waals surface area (Å²) in [6.07, 6.45) is 5.03. The van der Waals surface area contributed by atoms with Gasteiger partial charge in [-0.05, 0) is 6.08 Å². The van der Waals surface area contributed by atoms with Gasteiger partial charge in [0.1, 0.15) is 0 Å². The molecule has 1 heterocycles. The average molecular weight is 182 g/mol. The van der Waals surface area contributed by atoms with Crippen LogP contribution in [0.15, 0.2) is 17.8 Å². The fraction of sp³-hybridized carbons (Fsp3) is 0.250. The van der Waals surface area contributed by atoms with Gasteiger partial charge in [-0.15, -0.1) is 11.3 Å². The molecule has 0 spiro atoms. The molecule has 3 nitrogen and oxygen atoms in total.